The number of hydrogen-bond donors (Lipinski definition) is 1. The maximum Gasteiger partial charge on any atom is 0.264 e. The average Bonchev–Trinajstić information content (AvgIpc) is 2.82. The molecule has 36 heavy (non-hydrogen) atoms. The molecule has 3 rings (SSSR count). The SMILES string of the molecule is CNC=O.Cc1ccc(-c2cccc(N(CC(=O)CC(C)(C)C)C(=O)c3c(F)cccc3F)c2)cc1. The van der Waals surface area contributed by atoms with Gasteiger partial charge in [0, 0.05) is 19.2 Å². The first-order valence-corrected chi connectivity index (χ1v) is 11.5. The van der Waals surface area contributed by atoms with E-state index in [1.54, 1.807) is 25.2 Å². The minimum atomic E-state index is -0.960. The fourth-order valence-electron chi connectivity index (χ4n) is 3.54. The Kier molecular flexibility index (Phi) is 10.0. The number of rotatable bonds is 7. The Hall–Kier alpha value is -3.87. The van der Waals surface area contributed by atoms with E-state index in [1.807, 2.05) is 58.0 Å². The van der Waals surface area contributed by atoms with E-state index in [2.05, 4.69) is 5.32 Å². The van der Waals surface area contributed by atoms with Crippen molar-refractivity contribution in [2.75, 3.05) is 18.5 Å². The van der Waals surface area contributed by atoms with Crippen molar-refractivity contribution in [3.8, 4) is 11.1 Å². The number of carbonyl (C=O) groups excluding carboxylic acids is 3. The molecule has 190 valence electrons. The predicted octanol–water partition coefficient (Wildman–Crippen LogP) is 5.95. The van der Waals surface area contributed by atoms with Crippen molar-refractivity contribution in [3.63, 3.8) is 0 Å². The topological polar surface area (TPSA) is 66.5 Å². The number of hydrogen-bond acceptors (Lipinski definition) is 3. The summed E-state index contributed by atoms with van der Waals surface area (Å²) in [5.74, 6) is -3.00. The first-order chi connectivity index (χ1) is 17.0. The maximum atomic E-state index is 14.4. The molecule has 3 aromatic carbocycles. The molecule has 0 aromatic heterocycles. The quantitative estimate of drug-likeness (QED) is 0.413. The molecule has 0 spiro atoms. The predicted molar refractivity (Wildman–Crippen MR) is 139 cm³/mol. The number of Topliss-reactive ketones (excluding diaryl/α,β-unsaturated/α-hetero) is 1. The van der Waals surface area contributed by atoms with Crippen LogP contribution in [0.3, 0.4) is 0 Å². The van der Waals surface area contributed by atoms with Crippen LogP contribution in [-0.4, -0.2) is 31.7 Å². The van der Waals surface area contributed by atoms with Gasteiger partial charge in [-0.05, 0) is 47.7 Å². The van der Waals surface area contributed by atoms with E-state index in [-0.39, 0.29) is 24.2 Å². The van der Waals surface area contributed by atoms with Gasteiger partial charge in [0.15, 0.2) is 5.78 Å². The summed E-state index contributed by atoms with van der Waals surface area (Å²) in [5, 5.41) is 2.25. The number of halogens is 2. The van der Waals surface area contributed by atoms with Crippen molar-refractivity contribution < 1.29 is 23.2 Å². The van der Waals surface area contributed by atoms with Crippen molar-refractivity contribution >= 4 is 23.8 Å². The van der Waals surface area contributed by atoms with Crippen LogP contribution < -0.4 is 10.2 Å². The molecule has 7 heteroatoms. The zero-order valence-electron chi connectivity index (χ0n) is 21.3. The highest BCUT2D eigenvalue weighted by atomic mass is 19.1. The second kappa shape index (κ2) is 12.7. The molecule has 0 unspecified atom stereocenters. The van der Waals surface area contributed by atoms with Gasteiger partial charge in [-0.1, -0.05) is 68.8 Å². The minimum absolute atomic E-state index is 0.191. The maximum absolute atomic E-state index is 14.4. The van der Waals surface area contributed by atoms with Crippen LogP contribution in [0.5, 0.6) is 0 Å². The fraction of sp³-hybridized carbons (Fsp3) is 0.276. The van der Waals surface area contributed by atoms with Gasteiger partial charge in [-0.25, -0.2) is 8.78 Å². The summed E-state index contributed by atoms with van der Waals surface area (Å²) in [4.78, 5) is 36.3. The monoisotopic (exact) mass is 494 g/mol. The zero-order chi connectivity index (χ0) is 26.9. The summed E-state index contributed by atoms with van der Waals surface area (Å²) in [6, 6.07) is 18.2. The number of aryl methyl sites for hydroxylation is 1. The van der Waals surface area contributed by atoms with Crippen LogP contribution in [0.2, 0.25) is 0 Å². The summed E-state index contributed by atoms with van der Waals surface area (Å²) in [6.45, 7) is 7.48. The van der Waals surface area contributed by atoms with Crippen LogP contribution in [0, 0.1) is 24.0 Å². The lowest BCUT2D eigenvalue weighted by Crippen LogP contribution is -2.37. The fourth-order valence-corrected chi connectivity index (χ4v) is 3.54. The van der Waals surface area contributed by atoms with Crippen LogP contribution in [0.15, 0.2) is 66.7 Å². The Labute approximate surface area is 211 Å². The molecular formula is C29H32F2N2O3. The summed E-state index contributed by atoms with van der Waals surface area (Å²) in [6.07, 6.45) is 0.855. The zero-order valence-corrected chi connectivity index (χ0v) is 21.3. The van der Waals surface area contributed by atoms with E-state index in [0.29, 0.717) is 12.1 Å². The van der Waals surface area contributed by atoms with Gasteiger partial charge in [-0.2, -0.15) is 0 Å². The van der Waals surface area contributed by atoms with E-state index in [0.717, 1.165) is 33.7 Å². The summed E-state index contributed by atoms with van der Waals surface area (Å²) in [7, 11) is 1.56. The Morgan fingerprint density at radius 3 is 2.00 bits per heavy atom. The number of ketones is 1. The Bertz CT molecular complexity index is 1180. The highest BCUT2D eigenvalue weighted by Gasteiger charge is 2.27. The molecule has 5 nitrogen and oxygen atoms in total. The van der Waals surface area contributed by atoms with Crippen LogP contribution in [0.25, 0.3) is 11.1 Å². The van der Waals surface area contributed by atoms with E-state index in [4.69, 9.17) is 4.79 Å². The molecule has 0 atom stereocenters. The molecular weight excluding hydrogens is 462 g/mol. The van der Waals surface area contributed by atoms with Crippen LogP contribution >= 0.6 is 0 Å². The molecule has 0 aliphatic heterocycles. The van der Waals surface area contributed by atoms with Gasteiger partial charge in [0.05, 0.1) is 6.54 Å². The smallest absolute Gasteiger partial charge is 0.264 e. The molecule has 0 saturated carbocycles. The van der Waals surface area contributed by atoms with Gasteiger partial charge < -0.3 is 10.2 Å². The molecule has 0 aliphatic rings. The number of amides is 2. The van der Waals surface area contributed by atoms with Gasteiger partial charge in [-0.3, -0.25) is 14.4 Å². The molecule has 1 N–H and O–H groups in total. The van der Waals surface area contributed by atoms with Gasteiger partial charge in [-0.15, -0.1) is 0 Å². The number of carbonyl (C=O) groups is 3. The third-order valence-corrected chi connectivity index (χ3v) is 5.14. The van der Waals surface area contributed by atoms with Gasteiger partial charge in [0.25, 0.3) is 5.91 Å². The molecule has 0 bridgehead atoms. The highest BCUT2D eigenvalue weighted by molar-refractivity contribution is 6.09. The third kappa shape index (κ3) is 8.12. The summed E-state index contributed by atoms with van der Waals surface area (Å²) >= 11 is 0. The first kappa shape index (κ1) is 28.4. The lowest BCUT2D eigenvalue weighted by molar-refractivity contribution is -0.119. The van der Waals surface area contributed by atoms with Crippen molar-refractivity contribution in [3.05, 3.63) is 89.5 Å². The molecule has 0 aliphatic carbocycles. The summed E-state index contributed by atoms with van der Waals surface area (Å²) < 4.78 is 28.8. The van der Waals surface area contributed by atoms with E-state index in [1.165, 1.54) is 6.07 Å². The highest BCUT2D eigenvalue weighted by Crippen LogP contribution is 2.28. The van der Waals surface area contributed by atoms with Crippen molar-refractivity contribution in [2.45, 2.75) is 34.1 Å². The number of anilines is 1. The Morgan fingerprint density at radius 2 is 1.47 bits per heavy atom. The summed E-state index contributed by atoms with van der Waals surface area (Å²) in [5.41, 5.74) is 2.33. The average molecular weight is 495 g/mol. The van der Waals surface area contributed by atoms with E-state index >= 15 is 0 Å². The van der Waals surface area contributed by atoms with Crippen molar-refractivity contribution in [1.82, 2.24) is 5.32 Å². The second-order valence-electron chi connectivity index (χ2n) is 9.59. The van der Waals surface area contributed by atoms with Gasteiger partial charge in [0.2, 0.25) is 6.41 Å². The number of nitrogens with zero attached hydrogens (tertiary/aromatic N) is 1. The first-order valence-electron chi connectivity index (χ1n) is 11.5. The Morgan fingerprint density at radius 1 is 0.917 bits per heavy atom. The lowest BCUT2D eigenvalue weighted by Gasteiger charge is -2.25. The van der Waals surface area contributed by atoms with Crippen LogP contribution in [0.4, 0.5) is 14.5 Å². The van der Waals surface area contributed by atoms with Gasteiger partial charge in [0.1, 0.15) is 17.2 Å². The third-order valence-electron chi connectivity index (χ3n) is 5.14. The molecule has 0 radical (unpaired) electrons. The second-order valence-corrected chi connectivity index (χ2v) is 9.59. The van der Waals surface area contributed by atoms with Crippen molar-refractivity contribution in [1.29, 1.82) is 0 Å². The molecule has 2 amide bonds. The molecule has 3 aromatic rings. The molecule has 0 saturated heterocycles. The normalized spacial score (nSPS) is 10.6. The standard InChI is InChI=1S/C27H27F2NO2.C2H5NO/c1-18-11-13-19(14-12-18)20-7-5-8-21(15-20)30(17-22(31)16-27(2,3)4)26(32)25-23(28)9-6-10-24(25)29;1-3-2-4/h5-15H,16-17H2,1-4H3;2H,1H3,(H,3,4). The van der Waals surface area contributed by atoms with E-state index < -0.39 is 23.1 Å². The minimum Gasteiger partial charge on any atom is -0.362 e. The molecule has 0 fully saturated rings. The van der Waals surface area contributed by atoms with Crippen LogP contribution in [0.1, 0.15) is 43.1 Å². The van der Waals surface area contributed by atoms with E-state index in [9.17, 15) is 18.4 Å². The van der Waals surface area contributed by atoms with Gasteiger partial charge >= 0.3 is 0 Å². The lowest BCUT2D eigenvalue weighted by atomic mass is 9.90. The number of benzene rings is 3. The Balaban J connectivity index is 0.00000106. The number of nitrogens with one attached hydrogen (secondary N) is 1. The molecule has 0 heterocycles. The largest absolute Gasteiger partial charge is 0.362 e. The van der Waals surface area contributed by atoms with Crippen molar-refractivity contribution in [2.24, 2.45) is 5.41 Å². The van der Waals surface area contributed by atoms with Crippen LogP contribution in [-0.2, 0) is 9.59 Å².